The van der Waals surface area contributed by atoms with Crippen molar-refractivity contribution in [1.82, 2.24) is 14.5 Å². The highest BCUT2D eigenvalue weighted by atomic mass is 19.1. The predicted molar refractivity (Wildman–Crippen MR) is 102 cm³/mol. The van der Waals surface area contributed by atoms with Gasteiger partial charge in [-0.1, -0.05) is 6.58 Å². The van der Waals surface area contributed by atoms with Gasteiger partial charge < -0.3 is 9.30 Å². The van der Waals surface area contributed by atoms with Gasteiger partial charge in [0.1, 0.15) is 5.76 Å². The van der Waals surface area contributed by atoms with Gasteiger partial charge in [-0.3, -0.25) is 9.88 Å². The van der Waals surface area contributed by atoms with Crippen LogP contribution < -0.4 is 0 Å². The van der Waals surface area contributed by atoms with E-state index in [9.17, 15) is 4.39 Å². The maximum absolute atomic E-state index is 14.5. The van der Waals surface area contributed by atoms with Crippen LogP contribution in [0, 0.1) is 0 Å². The number of pyridine rings is 1. The molecule has 136 valence electrons. The van der Waals surface area contributed by atoms with Crippen molar-refractivity contribution in [2.75, 3.05) is 13.7 Å². The van der Waals surface area contributed by atoms with Crippen molar-refractivity contribution >= 4 is 16.6 Å². The Labute approximate surface area is 153 Å². The van der Waals surface area contributed by atoms with Crippen molar-refractivity contribution in [3.63, 3.8) is 0 Å². The van der Waals surface area contributed by atoms with Crippen LogP contribution in [0.2, 0.25) is 0 Å². The Balaban J connectivity index is 1.80. The monoisotopic (exact) mass is 353 g/mol. The highest BCUT2D eigenvalue weighted by molar-refractivity contribution is 5.94. The second kappa shape index (κ2) is 6.72. The number of nitrogens with zero attached hydrogens (tertiary/aromatic N) is 3. The average Bonchev–Trinajstić information content (AvgIpc) is 3.44. The van der Waals surface area contributed by atoms with Crippen molar-refractivity contribution in [1.29, 1.82) is 0 Å². The summed E-state index contributed by atoms with van der Waals surface area (Å²) in [6.45, 7) is 8.77. The molecule has 1 fully saturated rings. The Kier molecular flexibility index (Phi) is 4.41. The van der Waals surface area contributed by atoms with E-state index in [1.165, 1.54) is 31.7 Å². The average molecular weight is 353 g/mol. The topological polar surface area (TPSA) is 30.3 Å². The van der Waals surface area contributed by atoms with Gasteiger partial charge in [0.15, 0.2) is 5.83 Å². The zero-order valence-corrected chi connectivity index (χ0v) is 15.3. The molecule has 0 aromatic carbocycles. The van der Waals surface area contributed by atoms with Crippen LogP contribution in [0.3, 0.4) is 0 Å². The fourth-order valence-electron chi connectivity index (χ4n) is 3.88. The van der Waals surface area contributed by atoms with Gasteiger partial charge >= 0.3 is 0 Å². The van der Waals surface area contributed by atoms with E-state index < -0.39 is 5.83 Å². The molecule has 26 heavy (non-hydrogen) atoms. The van der Waals surface area contributed by atoms with Crippen LogP contribution in [0.1, 0.15) is 31.0 Å². The molecule has 2 aromatic rings. The maximum Gasteiger partial charge on any atom is 0.165 e. The summed E-state index contributed by atoms with van der Waals surface area (Å²) in [4.78, 5) is 7.11. The molecule has 0 bridgehead atoms. The smallest absolute Gasteiger partial charge is 0.165 e. The lowest BCUT2D eigenvalue weighted by Crippen LogP contribution is -2.35. The largest absolute Gasteiger partial charge is 0.494 e. The summed E-state index contributed by atoms with van der Waals surface area (Å²) >= 11 is 0. The van der Waals surface area contributed by atoms with Crippen LogP contribution in [0.25, 0.3) is 16.6 Å². The molecule has 0 radical (unpaired) electrons. The summed E-state index contributed by atoms with van der Waals surface area (Å²) in [5, 5.41) is 0. The minimum atomic E-state index is -0.418. The van der Waals surface area contributed by atoms with E-state index in [1.807, 2.05) is 6.07 Å². The summed E-state index contributed by atoms with van der Waals surface area (Å²) < 4.78 is 21.9. The Morgan fingerprint density at radius 3 is 2.88 bits per heavy atom. The maximum atomic E-state index is 14.5. The van der Waals surface area contributed by atoms with Gasteiger partial charge in [-0.25, -0.2) is 4.39 Å². The van der Waals surface area contributed by atoms with Gasteiger partial charge in [-0.2, -0.15) is 0 Å². The molecule has 5 heteroatoms. The number of ether oxygens (including phenoxy) is 1. The molecule has 0 amide bonds. The first-order valence-electron chi connectivity index (χ1n) is 9.11. The van der Waals surface area contributed by atoms with Crippen molar-refractivity contribution < 1.29 is 9.13 Å². The van der Waals surface area contributed by atoms with E-state index in [0.29, 0.717) is 11.6 Å². The van der Waals surface area contributed by atoms with Gasteiger partial charge in [-0.15, -0.1) is 0 Å². The second-order valence-corrected chi connectivity index (χ2v) is 6.92. The van der Waals surface area contributed by atoms with E-state index in [4.69, 9.17) is 4.74 Å². The van der Waals surface area contributed by atoms with Crippen LogP contribution in [0.5, 0.6) is 0 Å². The highest BCUT2D eigenvalue weighted by Crippen LogP contribution is 2.37. The number of halogens is 1. The SMILES string of the molecule is C=C(/C=C(F)\C(=C/C)OC)c1c2n(c3cccnc13)CCN(C1CC1)C2. The Bertz CT molecular complexity index is 921. The van der Waals surface area contributed by atoms with Gasteiger partial charge in [0.2, 0.25) is 0 Å². The second-order valence-electron chi connectivity index (χ2n) is 6.92. The molecule has 0 N–H and O–H groups in total. The molecule has 3 heterocycles. The first-order valence-corrected chi connectivity index (χ1v) is 9.11. The van der Waals surface area contributed by atoms with E-state index >= 15 is 0 Å². The van der Waals surface area contributed by atoms with E-state index in [-0.39, 0.29) is 5.76 Å². The number of rotatable bonds is 5. The summed E-state index contributed by atoms with van der Waals surface area (Å²) in [7, 11) is 1.47. The zero-order chi connectivity index (χ0) is 18.3. The van der Waals surface area contributed by atoms with Crippen LogP contribution in [-0.2, 0) is 17.8 Å². The van der Waals surface area contributed by atoms with Gasteiger partial charge in [0.05, 0.1) is 18.1 Å². The van der Waals surface area contributed by atoms with E-state index in [0.717, 1.165) is 36.2 Å². The number of fused-ring (bicyclic) bond motifs is 3. The number of allylic oxidation sites excluding steroid dienone is 4. The summed E-state index contributed by atoms with van der Waals surface area (Å²) in [5.41, 5.74) is 4.77. The van der Waals surface area contributed by atoms with Crippen LogP contribution >= 0.6 is 0 Å². The van der Waals surface area contributed by atoms with Crippen LogP contribution in [0.4, 0.5) is 4.39 Å². The standard InChI is InChI=1S/C21H24FN3O/c1-4-19(26-3)16(22)12-14(2)20-18-13-24(15-7-8-15)10-11-25(18)17-6-5-9-23-21(17)20/h4-6,9,12,15H,2,7-8,10-11,13H2,1,3H3/b16-12+,19-4+. The van der Waals surface area contributed by atoms with E-state index in [2.05, 4.69) is 27.1 Å². The lowest BCUT2D eigenvalue weighted by atomic mass is 10.0. The first-order chi connectivity index (χ1) is 12.6. The third kappa shape index (κ3) is 2.86. The van der Waals surface area contributed by atoms with Crippen molar-refractivity contribution in [2.45, 2.75) is 38.9 Å². The number of hydrogen-bond donors (Lipinski definition) is 0. The summed E-state index contributed by atoms with van der Waals surface area (Å²) in [5.74, 6) is -0.199. The minimum Gasteiger partial charge on any atom is -0.494 e. The third-order valence-corrected chi connectivity index (χ3v) is 5.29. The number of methoxy groups -OCH3 is 1. The number of hydrogen-bond acceptors (Lipinski definition) is 3. The molecule has 0 spiro atoms. The third-order valence-electron chi connectivity index (χ3n) is 5.29. The molecular formula is C21H24FN3O. The van der Waals surface area contributed by atoms with Gasteiger partial charge in [0.25, 0.3) is 0 Å². The Morgan fingerprint density at radius 1 is 1.38 bits per heavy atom. The molecule has 2 aromatic heterocycles. The molecule has 4 nitrogen and oxygen atoms in total. The van der Waals surface area contributed by atoms with Gasteiger partial charge in [0, 0.05) is 43.1 Å². The highest BCUT2D eigenvalue weighted by Gasteiger charge is 2.33. The summed E-state index contributed by atoms with van der Waals surface area (Å²) in [6.07, 6.45) is 7.42. The first kappa shape index (κ1) is 17.0. The van der Waals surface area contributed by atoms with E-state index in [1.54, 1.807) is 19.2 Å². The molecule has 1 saturated carbocycles. The molecule has 1 aliphatic carbocycles. The zero-order valence-electron chi connectivity index (χ0n) is 15.3. The Morgan fingerprint density at radius 2 is 2.19 bits per heavy atom. The fraction of sp³-hybridized carbons (Fsp3) is 0.381. The molecule has 0 atom stereocenters. The lowest BCUT2D eigenvalue weighted by Gasteiger charge is -2.29. The van der Waals surface area contributed by atoms with Crippen molar-refractivity contribution in [3.05, 3.63) is 59.9 Å². The number of aromatic nitrogens is 2. The Hall–Kier alpha value is -2.40. The molecule has 0 saturated heterocycles. The van der Waals surface area contributed by atoms with Gasteiger partial charge in [-0.05, 0) is 49.6 Å². The normalized spacial score (nSPS) is 18.9. The molecule has 2 aliphatic rings. The molecule has 0 unspecified atom stereocenters. The van der Waals surface area contributed by atoms with Crippen molar-refractivity contribution in [2.24, 2.45) is 0 Å². The van der Waals surface area contributed by atoms with Crippen LogP contribution in [0.15, 0.2) is 48.6 Å². The minimum absolute atomic E-state index is 0.219. The molecule has 4 rings (SSSR count). The summed E-state index contributed by atoms with van der Waals surface area (Å²) in [6, 6.07) is 4.74. The quantitative estimate of drug-likeness (QED) is 0.588. The van der Waals surface area contributed by atoms with Crippen molar-refractivity contribution in [3.8, 4) is 0 Å². The molecular weight excluding hydrogens is 329 g/mol. The predicted octanol–water partition coefficient (Wildman–Crippen LogP) is 4.43. The van der Waals surface area contributed by atoms with Crippen LogP contribution in [-0.4, -0.2) is 34.1 Å². The lowest BCUT2D eigenvalue weighted by molar-refractivity contribution is 0.213. The fourth-order valence-corrected chi connectivity index (χ4v) is 3.88. The molecule has 1 aliphatic heterocycles.